The molecule has 2 amide bonds. The van der Waals surface area contributed by atoms with Crippen molar-refractivity contribution in [3.8, 4) is 5.75 Å². The fourth-order valence-electron chi connectivity index (χ4n) is 3.19. The van der Waals surface area contributed by atoms with E-state index < -0.39 is 0 Å². The fourth-order valence-corrected chi connectivity index (χ4v) is 3.19. The number of likely N-dealkylation sites (tertiary alicyclic amines) is 1. The highest BCUT2D eigenvalue weighted by atomic mass is 16.5. The fraction of sp³-hybridized carbons (Fsp3) is 0.579. The number of nitrogens with two attached hydrogens (primary N) is 1. The first kappa shape index (κ1) is 19.2. The molecule has 138 valence electrons. The maximum absolute atomic E-state index is 12.4. The van der Waals surface area contributed by atoms with Crippen molar-refractivity contribution in [2.24, 2.45) is 11.7 Å². The summed E-state index contributed by atoms with van der Waals surface area (Å²) in [6.45, 7) is 6.50. The molecule has 25 heavy (non-hydrogen) atoms. The van der Waals surface area contributed by atoms with Gasteiger partial charge >= 0.3 is 0 Å². The van der Waals surface area contributed by atoms with Gasteiger partial charge in [-0.25, -0.2) is 0 Å². The van der Waals surface area contributed by atoms with Crippen LogP contribution in [-0.2, 0) is 9.59 Å². The van der Waals surface area contributed by atoms with Crippen molar-refractivity contribution in [2.75, 3.05) is 32.8 Å². The van der Waals surface area contributed by atoms with E-state index in [4.69, 9.17) is 10.5 Å². The number of benzene rings is 1. The highest BCUT2D eigenvalue weighted by Gasteiger charge is 2.27. The van der Waals surface area contributed by atoms with E-state index in [1.807, 2.05) is 26.0 Å². The van der Waals surface area contributed by atoms with E-state index in [-0.39, 0.29) is 17.7 Å². The van der Waals surface area contributed by atoms with Crippen LogP contribution in [0.2, 0.25) is 0 Å². The number of nitrogens with one attached hydrogen (secondary N) is 1. The summed E-state index contributed by atoms with van der Waals surface area (Å²) in [5, 5.41) is 2.81. The molecule has 6 heteroatoms. The molecule has 2 rings (SSSR count). The van der Waals surface area contributed by atoms with Crippen LogP contribution in [0.15, 0.2) is 18.2 Å². The van der Waals surface area contributed by atoms with Gasteiger partial charge < -0.3 is 20.7 Å². The monoisotopic (exact) mass is 347 g/mol. The van der Waals surface area contributed by atoms with Gasteiger partial charge in [-0.3, -0.25) is 9.59 Å². The first-order valence-electron chi connectivity index (χ1n) is 8.96. The van der Waals surface area contributed by atoms with Crippen molar-refractivity contribution in [1.82, 2.24) is 10.2 Å². The van der Waals surface area contributed by atoms with Crippen molar-refractivity contribution in [3.63, 3.8) is 0 Å². The zero-order valence-corrected chi connectivity index (χ0v) is 15.2. The van der Waals surface area contributed by atoms with Crippen LogP contribution in [0.5, 0.6) is 5.75 Å². The molecule has 1 aromatic carbocycles. The molecule has 1 fully saturated rings. The zero-order valence-electron chi connectivity index (χ0n) is 15.2. The summed E-state index contributed by atoms with van der Waals surface area (Å²) in [7, 11) is 0. The summed E-state index contributed by atoms with van der Waals surface area (Å²) in [6, 6.07) is 6.02. The Kier molecular flexibility index (Phi) is 7.25. The molecule has 1 heterocycles. The Morgan fingerprint density at radius 3 is 2.68 bits per heavy atom. The average molecular weight is 347 g/mol. The highest BCUT2D eigenvalue weighted by molar-refractivity contribution is 5.81. The highest BCUT2D eigenvalue weighted by Crippen LogP contribution is 2.19. The summed E-state index contributed by atoms with van der Waals surface area (Å²) in [6.07, 6.45) is 1.99. The standard InChI is InChI=1S/C19H29N3O3/c1-14-10-15(2)12-17(11-14)25-9-5-18(23)22-8-3-4-16(13-22)19(24)21-7-6-20/h10-12,16H,3-9,13,20H2,1-2H3,(H,21,24). The molecular weight excluding hydrogens is 318 g/mol. The van der Waals surface area contributed by atoms with Crippen molar-refractivity contribution < 1.29 is 14.3 Å². The second-order valence-electron chi connectivity index (χ2n) is 6.68. The molecule has 0 saturated carbocycles. The van der Waals surface area contributed by atoms with Crippen LogP contribution in [-0.4, -0.2) is 49.5 Å². The van der Waals surface area contributed by atoms with Gasteiger partial charge in [0.25, 0.3) is 0 Å². The SMILES string of the molecule is Cc1cc(C)cc(OCCC(=O)N2CCCC(C(=O)NCCN)C2)c1. The second-order valence-corrected chi connectivity index (χ2v) is 6.68. The maximum atomic E-state index is 12.4. The van der Waals surface area contributed by atoms with E-state index in [0.717, 1.165) is 29.7 Å². The number of hydrogen-bond donors (Lipinski definition) is 2. The molecule has 0 aliphatic carbocycles. The molecule has 3 N–H and O–H groups in total. The lowest BCUT2D eigenvalue weighted by atomic mass is 9.97. The third-order valence-corrected chi connectivity index (χ3v) is 4.37. The lowest BCUT2D eigenvalue weighted by molar-refractivity contribution is -0.136. The molecule has 1 aromatic rings. The van der Waals surface area contributed by atoms with Gasteiger partial charge in [0.1, 0.15) is 5.75 Å². The van der Waals surface area contributed by atoms with Crippen molar-refractivity contribution in [2.45, 2.75) is 33.1 Å². The number of ether oxygens (including phenoxy) is 1. The van der Waals surface area contributed by atoms with E-state index in [1.54, 1.807) is 4.90 Å². The number of piperidine rings is 1. The van der Waals surface area contributed by atoms with Gasteiger partial charge in [0.05, 0.1) is 18.9 Å². The third-order valence-electron chi connectivity index (χ3n) is 4.37. The number of nitrogens with zero attached hydrogens (tertiary/aromatic N) is 1. The molecular formula is C19H29N3O3. The molecule has 1 saturated heterocycles. The first-order chi connectivity index (χ1) is 12.0. The lowest BCUT2D eigenvalue weighted by Crippen LogP contribution is -2.46. The van der Waals surface area contributed by atoms with Crippen molar-refractivity contribution in [3.05, 3.63) is 29.3 Å². The molecule has 0 bridgehead atoms. The van der Waals surface area contributed by atoms with E-state index in [0.29, 0.717) is 39.2 Å². The third kappa shape index (κ3) is 6.05. The number of amides is 2. The van der Waals surface area contributed by atoms with Gasteiger partial charge in [-0.1, -0.05) is 6.07 Å². The summed E-state index contributed by atoms with van der Waals surface area (Å²) >= 11 is 0. The molecule has 1 unspecified atom stereocenters. The first-order valence-corrected chi connectivity index (χ1v) is 8.96. The second kappa shape index (κ2) is 9.42. The Labute approximate surface area is 149 Å². The largest absolute Gasteiger partial charge is 0.493 e. The van der Waals surface area contributed by atoms with E-state index in [9.17, 15) is 9.59 Å². The van der Waals surface area contributed by atoms with Gasteiger partial charge in [0.2, 0.25) is 11.8 Å². The van der Waals surface area contributed by atoms with Crippen LogP contribution in [0, 0.1) is 19.8 Å². The Morgan fingerprint density at radius 1 is 1.28 bits per heavy atom. The summed E-state index contributed by atoms with van der Waals surface area (Å²) in [5.41, 5.74) is 7.69. The molecule has 0 radical (unpaired) electrons. The molecule has 0 aromatic heterocycles. The van der Waals surface area contributed by atoms with Crippen LogP contribution in [0.25, 0.3) is 0 Å². The average Bonchev–Trinajstić information content (AvgIpc) is 2.58. The van der Waals surface area contributed by atoms with Crippen molar-refractivity contribution >= 4 is 11.8 Å². The minimum absolute atomic E-state index is 0.00515. The van der Waals surface area contributed by atoms with E-state index >= 15 is 0 Å². The number of carbonyl (C=O) groups excluding carboxylic acids is 2. The maximum Gasteiger partial charge on any atom is 0.226 e. The van der Waals surface area contributed by atoms with E-state index in [1.165, 1.54) is 0 Å². The van der Waals surface area contributed by atoms with Crippen LogP contribution in [0.3, 0.4) is 0 Å². The van der Waals surface area contributed by atoms with E-state index in [2.05, 4.69) is 11.4 Å². The van der Waals surface area contributed by atoms with Gasteiger partial charge in [0, 0.05) is 26.2 Å². The predicted octanol–water partition coefficient (Wildman–Crippen LogP) is 1.39. The molecule has 1 aliphatic rings. The zero-order chi connectivity index (χ0) is 18.2. The summed E-state index contributed by atoms with van der Waals surface area (Å²) in [4.78, 5) is 26.2. The molecule has 1 aliphatic heterocycles. The minimum atomic E-state index is -0.135. The van der Waals surface area contributed by atoms with Crippen LogP contribution < -0.4 is 15.8 Å². The van der Waals surface area contributed by atoms with Gasteiger partial charge in [-0.05, 0) is 49.9 Å². The van der Waals surface area contributed by atoms with Crippen molar-refractivity contribution in [1.29, 1.82) is 0 Å². The smallest absolute Gasteiger partial charge is 0.226 e. The quantitative estimate of drug-likeness (QED) is 0.780. The molecule has 0 spiro atoms. The Balaban J connectivity index is 1.78. The molecule has 6 nitrogen and oxygen atoms in total. The number of carbonyl (C=O) groups is 2. The Bertz CT molecular complexity index is 583. The minimum Gasteiger partial charge on any atom is -0.493 e. The number of rotatable bonds is 7. The normalized spacial score (nSPS) is 17.2. The van der Waals surface area contributed by atoms with Gasteiger partial charge in [0.15, 0.2) is 0 Å². The Morgan fingerprint density at radius 2 is 2.00 bits per heavy atom. The van der Waals surface area contributed by atoms with Gasteiger partial charge in [-0.2, -0.15) is 0 Å². The lowest BCUT2D eigenvalue weighted by Gasteiger charge is -2.32. The summed E-state index contributed by atoms with van der Waals surface area (Å²) < 4.78 is 5.72. The summed E-state index contributed by atoms with van der Waals surface area (Å²) in [5.74, 6) is 0.697. The topological polar surface area (TPSA) is 84.7 Å². The predicted molar refractivity (Wildman–Crippen MR) is 97.4 cm³/mol. The van der Waals surface area contributed by atoms with Crippen LogP contribution in [0.4, 0.5) is 0 Å². The van der Waals surface area contributed by atoms with Gasteiger partial charge in [-0.15, -0.1) is 0 Å². The van der Waals surface area contributed by atoms with Crippen LogP contribution >= 0.6 is 0 Å². The number of hydrogen-bond acceptors (Lipinski definition) is 4. The number of aryl methyl sites for hydroxylation is 2. The van der Waals surface area contributed by atoms with Crippen LogP contribution in [0.1, 0.15) is 30.4 Å². The Hall–Kier alpha value is -2.08. The molecule has 1 atom stereocenters.